The summed E-state index contributed by atoms with van der Waals surface area (Å²) in [6.07, 6.45) is 4.03. The summed E-state index contributed by atoms with van der Waals surface area (Å²) in [6.45, 7) is 3.37. The van der Waals surface area contributed by atoms with Gasteiger partial charge in [0.25, 0.3) is 0 Å². The lowest BCUT2D eigenvalue weighted by Gasteiger charge is -2.29. The van der Waals surface area contributed by atoms with E-state index in [1.165, 1.54) is 17.8 Å². The molecule has 2 aromatic carbocycles. The number of halogens is 2. The highest BCUT2D eigenvalue weighted by atomic mass is 35.5. The Kier molecular flexibility index (Phi) is 8.29. The van der Waals surface area contributed by atoms with E-state index < -0.39 is 5.97 Å². The molecule has 0 aromatic heterocycles. The molecule has 0 spiro atoms. The number of likely N-dealkylation sites (tertiary alicyclic amines) is 1. The number of aliphatic carboxylic acids is 1. The number of hydrogen-bond acceptors (Lipinski definition) is 4. The molecule has 1 aliphatic heterocycles. The largest absolute Gasteiger partial charge is 0.493 e. The monoisotopic (exact) mass is 479 g/mol. The van der Waals surface area contributed by atoms with Gasteiger partial charge in [-0.1, -0.05) is 53.2 Å². The van der Waals surface area contributed by atoms with Gasteiger partial charge in [0.1, 0.15) is 5.75 Å². The third-order valence-electron chi connectivity index (χ3n) is 5.01. The fraction of sp³-hybridized carbons (Fsp3) is 0.304. The minimum atomic E-state index is -0.800. The maximum atomic E-state index is 12.4. The molecule has 2 aromatic rings. The summed E-state index contributed by atoms with van der Waals surface area (Å²) in [4.78, 5) is 26.9. The van der Waals surface area contributed by atoms with Crippen LogP contribution in [0.2, 0.25) is 10.0 Å². The molecule has 1 N–H and O–H groups in total. The van der Waals surface area contributed by atoms with E-state index in [2.05, 4.69) is 0 Å². The van der Waals surface area contributed by atoms with Crippen LogP contribution in [0.25, 0.3) is 6.08 Å². The van der Waals surface area contributed by atoms with Gasteiger partial charge in [-0.15, -0.1) is 0 Å². The second kappa shape index (κ2) is 10.9. The molecule has 1 aliphatic rings. The van der Waals surface area contributed by atoms with Gasteiger partial charge < -0.3 is 14.7 Å². The summed E-state index contributed by atoms with van der Waals surface area (Å²) in [5.74, 6) is -0.561. The molecule has 0 saturated carbocycles. The van der Waals surface area contributed by atoms with Crippen LogP contribution in [0.4, 0.5) is 0 Å². The molecule has 31 heavy (non-hydrogen) atoms. The summed E-state index contributed by atoms with van der Waals surface area (Å²) in [6, 6.07) is 11.4. The Morgan fingerprint density at radius 2 is 1.84 bits per heavy atom. The second-order valence-electron chi connectivity index (χ2n) is 7.03. The first-order valence-corrected chi connectivity index (χ1v) is 11.6. The number of carbonyl (C=O) groups excluding carboxylic acids is 1. The Bertz CT molecular complexity index is 988. The Morgan fingerprint density at radius 3 is 2.52 bits per heavy atom. The van der Waals surface area contributed by atoms with Crippen molar-refractivity contribution in [3.05, 3.63) is 58.1 Å². The summed E-state index contributed by atoms with van der Waals surface area (Å²) >= 11 is 14.4. The predicted molar refractivity (Wildman–Crippen MR) is 124 cm³/mol. The number of hydrogen-bond donors (Lipinski definition) is 1. The summed E-state index contributed by atoms with van der Waals surface area (Å²) in [7, 11) is 0. The summed E-state index contributed by atoms with van der Waals surface area (Å²) < 4.78 is 5.66. The van der Waals surface area contributed by atoms with E-state index in [0.29, 0.717) is 48.1 Å². The SMILES string of the molecule is CCOc1ccccc1Sc1ccc(C=CC(=O)N2CCC(C(=O)O)CC2)c(Cl)c1Cl. The Morgan fingerprint density at radius 1 is 1.13 bits per heavy atom. The van der Waals surface area contributed by atoms with Crippen LogP contribution in [-0.2, 0) is 9.59 Å². The first kappa shape index (κ1) is 23.5. The van der Waals surface area contributed by atoms with Crippen molar-refractivity contribution < 1.29 is 19.4 Å². The molecule has 0 aliphatic carbocycles. The first-order valence-electron chi connectivity index (χ1n) is 9.98. The van der Waals surface area contributed by atoms with E-state index in [1.54, 1.807) is 11.0 Å². The van der Waals surface area contributed by atoms with Gasteiger partial charge in [0.2, 0.25) is 5.91 Å². The van der Waals surface area contributed by atoms with Gasteiger partial charge in [-0.3, -0.25) is 9.59 Å². The molecule has 8 heteroatoms. The molecule has 1 amide bonds. The normalized spacial score (nSPS) is 14.7. The highest BCUT2D eigenvalue weighted by Gasteiger charge is 2.26. The zero-order chi connectivity index (χ0) is 22.4. The van der Waals surface area contributed by atoms with Crippen molar-refractivity contribution in [2.45, 2.75) is 29.6 Å². The molecule has 1 fully saturated rings. The van der Waals surface area contributed by atoms with E-state index in [9.17, 15) is 9.59 Å². The van der Waals surface area contributed by atoms with Crippen LogP contribution in [0.5, 0.6) is 5.75 Å². The third-order valence-corrected chi connectivity index (χ3v) is 7.13. The van der Waals surface area contributed by atoms with E-state index >= 15 is 0 Å². The van der Waals surface area contributed by atoms with Gasteiger partial charge in [-0.2, -0.15) is 0 Å². The maximum absolute atomic E-state index is 12.4. The molecular weight excluding hydrogens is 457 g/mol. The van der Waals surface area contributed by atoms with Gasteiger partial charge in [0.05, 0.1) is 27.5 Å². The van der Waals surface area contributed by atoms with E-state index in [0.717, 1.165) is 15.5 Å². The van der Waals surface area contributed by atoms with Crippen molar-refractivity contribution >= 4 is 52.9 Å². The van der Waals surface area contributed by atoms with Crippen molar-refractivity contribution in [2.24, 2.45) is 5.92 Å². The number of nitrogens with zero attached hydrogens (tertiary/aromatic N) is 1. The number of benzene rings is 2. The average molecular weight is 480 g/mol. The Labute approximate surface area is 196 Å². The number of carboxylic acids is 1. The molecular formula is C23H23Cl2NO4S. The number of piperidine rings is 1. The highest BCUT2D eigenvalue weighted by molar-refractivity contribution is 7.99. The number of para-hydroxylation sites is 1. The van der Waals surface area contributed by atoms with Crippen LogP contribution in [0, 0.1) is 5.92 Å². The van der Waals surface area contributed by atoms with E-state index in [1.807, 2.05) is 43.3 Å². The topological polar surface area (TPSA) is 66.8 Å². The van der Waals surface area contributed by atoms with Crippen LogP contribution in [-0.4, -0.2) is 41.6 Å². The van der Waals surface area contributed by atoms with E-state index in [4.69, 9.17) is 33.0 Å². The van der Waals surface area contributed by atoms with Crippen LogP contribution < -0.4 is 4.74 Å². The van der Waals surface area contributed by atoms with Crippen LogP contribution in [0.3, 0.4) is 0 Å². The minimum Gasteiger partial charge on any atom is -0.493 e. The number of ether oxygens (including phenoxy) is 1. The molecule has 1 heterocycles. The lowest BCUT2D eigenvalue weighted by atomic mass is 9.97. The highest BCUT2D eigenvalue weighted by Crippen LogP contribution is 2.42. The minimum absolute atomic E-state index is 0.167. The molecule has 0 radical (unpaired) electrons. The molecule has 0 unspecified atom stereocenters. The van der Waals surface area contributed by atoms with E-state index in [-0.39, 0.29) is 11.8 Å². The number of carbonyl (C=O) groups is 2. The zero-order valence-corrected chi connectivity index (χ0v) is 19.3. The quantitative estimate of drug-likeness (QED) is 0.502. The fourth-order valence-electron chi connectivity index (χ4n) is 3.30. The molecule has 5 nitrogen and oxygen atoms in total. The van der Waals surface area contributed by atoms with Crippen molar-refractivity contribution in [1.82, 2.24) is 4.90 Å². The van der Waals surface area contributed by atoms with Crippen molar-refractivity contribution in [2.75, 3.05) is 19.7 Å². The molecule has 0 bridgehead atoms. The van der Waals surface area contributed by atoms with Gasteiger partial charge in [-0.25, -0.2) is 0 Å². The predicted octanol–water partition coefficient (Wildman–Crippen LogP) is 5.88. The summed E-state index contributed by atoms with van der Waals surface area (Å²) in [5, 5.41) is 9.86. The number of amides is 1. The second-order valence-corrected chi connectivity index (χ2v) is 8.87. The molecule has 0 atom stereocenters. The summed E-state index contributed by atoms with van der Waals surface area (Å²) in [5.41, 5.74) is 0.642. The van der Waals surface area contributed by atoms with Gasteiger partial charge in [0.15, 0.2) is 0 Å². The third kappa shape index (κ3) is 5.97. The van der Waals surface area contributed by atoms with Crippen molar-refractivity contribution in [3.8, 4) is 5.75 Å². The zero-order valence-electron chi connectivity index (χ0n) is 17.0. The molecule has 3 rings (SSSR count). The first-order chi connectivity index (χ1) is 14.9. The number of carboxylic acid groups (broad SMARTS) is 1. The molecule has 1 saturated heterocycles. The van der Waals surface area contributed by atoms with Crippen molar-refractivity contribution in [3.63, 3.8) is 0 Å². The Balaban J connectivity index is 1.69. The smallest absolute Gasteiger partial charge is 0.306 e. The van der Waals surface area contributed by atoms with Crippen LogP contribution >= 0.6 is 35.0 Å². The lowest BCUT2D eigenvalue weighted by molar-refractivity contribution is -0.144. The average Bonchev–Trinajstić information content (AvgIpc) is 2.77. The maximum Gasteiger partial charge on any atom is 0.306 e. The van der Waals surface area contributed by atoms with Gasteiger partial charge in [-0.05, 0) is 49.6 Å². The number of rotatable bonds is 7. The fourth-order valence-corrected chi connectivity index (χ4v) is 4.81. The van der Waals surface area contributed by atoms with Crippen molar-refractivity contribution in [1.29, 1.82) is 0 Å². The lowest BCUT2D eigenvalue weighted by Crippen LogP contribution is -2.39. The van der Waals surface area contributed by atoms with Gasteiger partial charge in [0, 0.05) is 24.1 Å². The molecule has 164 valence electrons. The van der Waals surface area contributed by atoms with Crippen LogP contribution in [0.15, 0.2) is 52.3 Å². The van der Waals surface area contributed by atoms with Gasteiger partial charge >= 0.3 is 5.97 Å². The Hall–Kier alpha value is -2.15. The standard InChI is InChI=1S/C23H23Cl2NO4S/c1-2-30-17-5-3-4-6-18(17)31-19-9-7-15(21(24)22(19)25)8-10-20(27)26-13-11-16(12-14-26)23(28)29/h3-10,16H,2,11-14H2,1H3,(H,28,29). The van der Waals surface area contributed by atoms with Crippen LogP contribution in [0.1, 0.15) is 25.3 Å².